The first-order chi connectivity index (χ1) is 10.6. The van der Waals surface area contributed by atoms with E-state index in [1.165, 1.54) is 18.3 Å². The van der Waals surface area contributed by atoms with Crippen molar-refractivity contribution in [3.05, 3.63) is 65.7 Å². The van der Waals surface area contributed by atoms with Gasteiger partial charge in [-0.1, -0.05) is 24.3 Å². The van der Waals surface area contributed by atoms with Crippen molar-refractivity contribution in [2.24, 2.45) is 16.8 Å². The number of benzene rings is 1. The zero-order valence-electron chi connectivity index (χ0n) is 11.8. The van der Waals surface area contributed by atoms with Gasteiger partial charge in [0.25, 0.3) is 0 Å². The van der Waals surface area contributed by atoms with Gasteiger partial charge >= 0.3 is 0 Å². The van der Waals surface area contributed by atoms with Crippen LogP contribution < -0.4 is 11.7 Å². The molecular weight excluding hydrogens is 288 g/mol. The summed E-state index contributed by atoms with van der Waals surface area (Å²) in [5, 5.41) is 4.40. The van der Waals surface area contributed by atoms with Crippen molar-refractivity contribution in [2.75, 3.05) is 6.54 Å². The molecule has 0 amide bonds. The van der Waals surface area contributed by atoms with E-state index in [4.69, 9.17) is 11.7 Å². The van der Waals surface area contributed by atoms with E-state index in [0.717, 1.165) is 11.3 Å². The molecule has 2 atom stereocenters. The predicted octanol–water partition coefficient (Wildman–Crippen LogP) is 2.09. The first kappa shape index (κ1) is 15.8. The summed E-state index contributed by atoms with van der Waals surface area (Å²) >= 11 is 0. The maximum Gasteiger partial charge on any atom is 0.151 e. The molecule has 0 spiro atoms. The summed E-state index contributed by atoms with van der Waals surface area (Å²) in [6.45, 7) is -0.000621. The lowest BCUT2D eigenvalue weighted by Gasteiger charge is -2.25. The minimum absolute atomic E-state index is 0.000621. The molecule has 7 heteroatoms. The van der Waals surface area contributed by atoms with E-state index >= 15 is 0 Å². The highest BCUT2D eigenvalue weighted by Gasteiger charge is 2.28. The van der Waals surface area contributed by atoms with Gasteiger partial charge in [-0.05, 0) is 23.8 Å². The Morgan fingerprint density at radius 1 is 1.23 bits per heavy atom. The van der Waals surface area contributed by atoms with E-state index in [1.54, 1.807) is 30.3 Å². The molecule has 4 N–H and O–H groups in total. The van der Waals surface area contributed by atoms with Crippen LogP contribution in [0.3, 0.4) is 0 Å². The molecule has 0 saturated heterocycles. The summed E-state index contributed by atoms with van der Waals surface area (Å²) < 4.78 is 28.9. The fraction of sp³-hybridized carbons (Fsp3) is 0.200. The van der Waals surface area contributed by atoms with Gasteiger partial charge in [0.1, 0.15) is 12.2 Å². The maximum atomic E-state index is 14.9. The van der Waals surface area contributed by atoms with Crippen molar-refractivity contribution < 1.29 is 8.78 Å². The SMILES string of the molecule is N/N=C\N(N)CC(c1ccccc1F)C(F)c1ccccn1. The molecule has 22 heavy (non-hydrogen) atoms. The number of aromatic nitrogens is 1. The highest BCUT2D eigenvalue weighted by atomic mass is 19.1. The van der Waals surface area contributed by atoms with Gasteiger partial charge in [0.15, 0.2) is 6.17 Å². The maximum absolute atomic E-state index is 14.9. The monoisotopic (exact) mass is 305 g/mol. The average Bonchev–Trinajstić information content (AvgIpc) is 2.54. The Labute approximate surface area is 127 Å². The molecule has 116 valence electrons. The normalized spacial score (nSPS) is 14.0. The van der Waals surface area contributed by atoms with E-state index in [9.17, 15) is 8.78 Å². The largest absolute Gasteiger partial charge is 0.322 e. The van der Waals surface area contributed by atoms with E-state index < -0.39 is 17.9 Å². The molecule has 1 heterocycles. The molecular formula is C15H17F2N5. The number of hydrogen-bond acceptors (Lipinski definition) is 4. The van der Waals surface area contributed by atoms with E-state index in [1.807, 2.05) is 0 Å². The van der Waals surface area contributed by atoms with Crippen molar-refractivity contribution in [3.63, 3.8) is 0 Å². The Hall–Kier alpha value is -2.54. The standard InChI is InChI=1S/C15H17F2N5/c16-13-6-2-1-5-11(13)12(9-22(19)10-21-18)15(17)14-7-3-4-8-20-14/h1-8,10,12,15H,9,18-19H2/b21-10-. The number of hydrogen-bond donors (Lipinski definition) is 2. The lowest BCUT2D eigenvalue weighted by atomic mass is 9.91. The Morgan fingerprint density at radius 2 is 1.95 bits per heavy atom. The summed E-state index contributed by atoms with van der Waals surface area (Å²) in [5.74, 6) is 9.37. The Morgan fingerprint density at radius 3 is 2.59 bits per heavy atom. The van der Waals surface area contributed by atoms with Crippen molar-refractivity contribution in [1.82, 2.24) is 9.99 Å². The van der Waals surface area contributed by atoms with Crippen LogP contribution in [0.25, 0.3) is 0 Å². The quantitative estimate of drug-likeness (QED) is 0.371. The van der Waals surface area contributed by atoms with Gasteiger partial charge in [0.05, 0.1) is 5.69 Å². The molecule has 0 radical (unpaired) electrons. The van der Waals surface area contributed by atoms with Gasteiger partial charge in [-0.15, -0.1) is 0 Å². The number of alkyl halides is 1. The zero-order chi connectivity index (χ0) is 15.9. The number of halogens is 2. The molecule has 5 nitrogen and oxygen atoms in total. The average molecular weight is 305 g/mol. The molecule has 2 rings (SSSR count). The summed E-state index contributed by atoms with van der Waals surface area (Å²) in [6.07, 6.45) is 1.12. The van der Waals surface area contributed by atoms with Crippen LogP contribution in [0, 0.1) is 5.82 Å². The molecule has 1 aromatic heterocycles. The predicted molar refractivity (Wildman–Crippen MR) is 80.8 cm³/mol. The number of nitrogens with two attached hydrogens (primary N) is 2. The summed E-state index contributed by atoms with van der Waals surface area (Å²) in [7, 11) is 0. The first-order valence-corrected chi connectivity index (χ1v) is 6.67. The Balaban J connectivity index is 2.35. The van der Waals surface area contributed by atoms with Gasteiger partial charge < -0.3 is 5.84 Å². The molecule has 2 unspecified atom stereocenters. The number of hydrazone groups is 1. The lowest BCUT2D eigenvalue weighted by Crippen LogP contribution is -2.35. The van der Waals surface area contributed by atoms with Crippen molar-refractivity contribution in [2.45, 2.75) is 12.1 Å². The van der Waals surface area contributed by atoms with Gasteiger partial charge in [-0.2, -0.15) is 5.10 Å². The highest BCUT2D eigenvalue weighted by Crippen LogP contribution is 2.34. The highest BCUT2D eigenvalue weighted by molar-refractivity contribution is 5.53. The summed E-state index contributed by atoms with van der Waals surface area (Å²) in [6, 6.07) is 10.9. The Bertz CT molecular complexity index is 620. The molecule has 0 saturated carbocycles. The second-order valence-corrected chi connectivity index (χ2v) is 4.75. The van der Waals surface area contributed by atoms with Gasteiger partial charge in [-0.3, -0.25) is 9.99 Å². The third-order valence-electron chi connectivity index (χ3n) is 3.25. The molecule has 0 fully saturated rings. The fourth-order valence-electron chi connectivity index (χ4n) is 2.23. The topological polar surface area (TPSA) is 80.5 Å². The number of hydrazine groups is 1. The molecule has 0 aliphatic carbocycles. The number of rotatable bonds is 6. The minimum atomic E-state index is -1.52. The van der Waals surface area contributed by atoms with Gasteiger partial charge in [0.2, 0.25) is 0 Å². The summed E-state index contributed by atoms with van der Waals surface area (Å²) in [4.78, 5) is 3.99. The molecule has 0 aliphatic heterocycles. The van der Waals surface area contributed by atoms with Crippen LogP contribution in [0.1, 0.15) is 23.3 Å². The van der Waals surface area contributed by atoms with Crippen molar-refractivity contribution in [1.29, 1.82) is 0 Å². The van der Waals surface area contributed by atoms with Gasteiger partial charge in [0, 0.05) is 18.7 Å². The van der Waals surface area contributed by atoms with Crippen LogP contribution in [-0.4, -0.2) is 22.9 Å². The first-order valence-electron chi connectivity index (χ1n) is 6.67. The third kappa shape index (κ3) is 3.76. The molecule has 2 aromatic rings. The zero-order valence-corrected chi connectivity index (χ0v) is 11.8. The second-order valence-electron chi connectivity index (χ2n) is 4.75. The fourth-order valence-corrected chi connectivity index (χ4v) is 2.23. The van der Waals surface area contributed by atoms with E-state index in [-0.39, 0.29) is 17.8 Å². The molecule has 0 aliphatic rings. The number of pyridine rings is 1. The second kappa shape index (κ2) is 7.46. The van der Waals surface area contributed by atoms with E-state index in [2.05, 4.69) is 10.1 Å². The van der Waals surface area contributed by atoms with Crippen molar-refractivity contribution in [3.8, 4) is 0 Å². The van der Waals surface area contributed by atoms with Crippen LogP contribution in [0.5, 0.6) is 0 Å². The molecule has 0 bridgehead atoms. The third-order valence-corrected chi connectivity index (χ3v) is 3.25. The van der Waals surface area contributed by atoms with Gasteiger partial charge in [-0.25, -0.2) is 14.6 Å². The van der Waals surface area contributed by atoms with Crippen LogP contribution in [0.4, 0.5) is 8.78 Å². The van der Waals surface area contributed by atoms with E-state index in [0.29, 0.717) is 0 Å². The van der Waals surface area contributed by atoms with Crippen LogP contribution in [0.15, 0.2) is 53.8 Å². The van der Waals surface area contributed by atoms with Crippen LogP contribution >= 0.6 is 0 Å². The molecule has 1 aromatic carbocycles. The van der Waals surface area contributed by atoms with Crippen LogP contribution in [-0.2, 0) is 0 Å². The number of nitrogens with zero attached hydrogens (tertiary/aromatic N) is 3. The lowest BCUT2D eigenvalue weighted by molar-refractivity contribution is 0.242. The Kier molecular flexibility index (Phi) is 5.37. The smallest absolute Gasteiger partial charge is 0.151 e. The van der Waals surface area contributed by atoms with Crippen LogP contribution in [0.2, 0.25) is 0 Å². The van der Waals surface area contributed by atoms with Crippen molar-refractivity contribution >= 4 is 6.34 Å². The summed E-state index contributed by atoms with van der Waals surface area (Å²) in [5.41, 5.74) is 0.440. The minimum Gasteiger partial charge on any atom is -0.322 e.